The molecule has 2 heterocycles. The van der Waals surface area contributed by atoms with E-state index in [1.54, 1.807) is 4.90 Å². The van der Waals surface area contributed by atoms with E-state index in [9.17, 15) is 9.59 Å². The summed E-state index contributed by atoms with van der Waals surface area (Å²) in [5.74, 6) is 0.781. The molecule has 2 aliphatic heterocycles. The molecule has 30 heavy (non-hydrogen) atoms. The highest BCUT2D eigenvalue weighted by Gasteiger charge is 2.38. The minimum Gasteiger partial charge on any atom is -0.486 e. The molecule has 2 aromatic carbocycles. The van der Waals surface area contributed by atoms with Gasteiger partial charge in [0.15, 0.2) is 11.5 Å². The molecular weight excluding hydrogens is 380 g/mol. The first-order valence-electron chi connectivity index (χ1n) is 10.4. The van der Waals surface area contributed by atoms with Crippen LogP contribution >= 0.6 is 0 Å². The third kappa shape index (κ3) is 4.13. The first kappa shape index (κ1) is 20.3. The molecule has 6 heteroatoms. The number of anilines is 1. The Bertz CT molecular complexity index is 936. The van der Waals surface area contributed by atoms with E-state index in [0.717, 1.165) is 11.3 Å². The van der Waals surface area contributed by atoms with Crippen LogP contribution in [0.25, 0.3) is 0 Å². The molecule has 2 aliphatic rings. The molecule has 2 amide bonds. The van der Waals surface area contributed by atoms with E-state index in [4.69, 9.17) is 9.47 Å². The van der Waals surface area contributed by atoms with Gasteiger partial charge in [-0.25, -0.2) is 0 Å². The number of fused-ring (bicyclic) bond motifs is 1. The van der Waals surface area contributed by atoms with Crippen LogP contribution in [-0.4, -0.2) is 31.6 Å². The maximum absolute atomic E-state index is 13.1. The molecule has 0 spiro atoms. The van der Waals surface area contributed by atoms with Gasteiger partial charge < -0.3 is 19.7 Å². The molecule has 0 aromatic heterocycles. The summed E-state index contributed by atoms with van der Waals surface area (Å²) in [7, 11) is 0. The zero-order chi connectivity index (χ0) is 21.3. The van der Waals surface area contributed by atoms with Gasteiger partial charge in [-0.1, -0.05) is 51.1 Å². The van der Waals surface area contributed by atoms with E-state index in [2.05, 4.69) is 26.1 Å². The second-order valence-corrected chi connectivity index (χ2v) is 8.95. The Hall–Kier alpha value is -3.02. The van der Waals surface area contributed by atoms with Crippen LogP contribution in [0.2, 0.25) is 0 Å². The van der Waals surface area contributed by atoms with Crippen molar-refractivity contribution < 1.29 is 19.1 Å². The number of ether oxygens (including phenoxy) is 2. The second-order valence-electron chi connectivity index (χ2n) is 8.95. The van der Waals surface area contributed by atoms with Crippen molar-refractivity contribution >= 4 is 17.5 Å². The topological polar surface area (TPSA) is 67.9 Å². The summed E-state index contributed by atoms with van der Waals surface area (Å²) in [5, 5.41) is 3.20. The van der Waals surface area contributed by atoms with Crippen LogP contribution in [0.4, 0.5) is 5.69 Å². The number of rotatable bonds is 4. The highest BCUT2D eigenvalue weighted by molar-refractivity contribution is 6.00. The van der Waals surface area contributed by atoms with Gasteiger partial charge >= 0.3 is 0 Å². The summed E-state index contributed by atoms with van der Waals surface area (Å²) in [6.45, 7) is 7.68. The smallest absolute Gasteiger partial charge is 0.227 e. The molecule has 1 saturated heterocycles. The van der Waals surface area contributed by atoms with Crippen molar-refractivity contribution in [1.82, 2.24) is 5.32 Å². The van der Waals surface area contributed by atoms with Crippen LogP contribution in [0.5, 0.6) is 11.5 Å². The molecule has 0 saturated carbocycles. The zero-order valence-electron chi connectivity index (χ0n) is 17.7. The summed E-state index contributed by atoms with van der Waals surface area (Å²) < 4.78 is 11.2. The maximum atomic E-state index is 13.1. The van der Waals surface area contributed by atoms with Gasteiger partial charge in [0, 0.05) is 24.7 Å². The number of hydrogen-bond donors (Lipinski definition) is 1. The first-order chi connectivity index (χ1) is 14.3. The second kappa shape index (κ2) is 8.01. The molecule has 4 rings (SSSR count). The fourth-order valence-electron chi connectivity index (χ4n) is 4.04. The van der Waals surface area contributed by atoms with Crippen LogP contribution in [0, 0.1) is 11.3 Å². The predicted molar refractivity (Wildman–Crippen MR) is 115 cm³/mol. The molecule has 1 fully saturated rings. The number of nitrogens with one attached hydrogen (secondary N) is 1. The fraction of sp³-hybridized carbons (Fsp3) is 0.417. The molecule has 6 nitrogen and oxygen atoms in total. The lowest BCUT2D eigenvalue weighted by Crippen LogP contribution is -2.40. The largest absolute Gasteiger partial charge is 0.486 e. The summed E-state index contributed by atoms with van der Waals surface area (Å²) in [6, 6.07) is 15.3. The quantitative estimate of drug-likeness (QED) is 0.837. The number of carbonyl (C=O) groups excluding carboxylic acids is 2. The van der Waals surface area contributed by atoms with Gasteiger partial charge in [0.1, 0.15) is 13.2 Å². The van der Waals surface area contributed by atoms with Crippen LogP contribution < -0.4 is 19.7 Å². The molecule has 2 aromatic rings. The molecular formula is C24H28N2O4. The van der Waals surface area contributed by atoms with Crippen molar-refractivity contribution in [3.8, 4) is 11.5 Å². The monoisotopic (exact) mass is 408 g/mol. The summed E-state index contributed by atoms with van der Waals surface area (Å²) in [6.07, 6.45) is 0.200. The van der Waals surface area contributed by atoms with Crippen LogP contribution in [0.15, 0.2) is 48.5 Å². The highest BCUT2D eigenvalue weighted by Crippen LogP contribution is 2.37. The number of carbonyl (C=O) groups is 2. The Morgan fingerprint density at radius 2 is 1.77 bits per heavy atom. The van der Waals surface area contributed by atoms with Gasteiger partial charge in [-0.15, -0.1) is 0 Å². The van der Waals surface area contributed by atoms with Gasteiger partial charge in [-0.2, -0.15) is 0 Å². The molecule has 158 valence electrons. The number of nitrogens with zero attached hydrogens (tertiary/aromatic N) is 1. The predicted octanol–water partition coefficient (Wildman–Crippen LogP) is 3.71. The van der Waals surface area contributed by atoms with Gasteiger partial charge in [-0.05, 0) is 23.1 Å². The van der Waals surface area contributed by atoms with Gasteiger partial charge in [0.25, 0.3) is 0 Å². The normalized spacial score (nSPS) is 19.5. The van der Waals surface area contributed by atoms with Crippen molar-refractivity contribution in [2.75, 3.05) is 24.7 Å². The van der Waals surface area contributed by atoms with E-state index >= 15 is 0 Å². The third-order valence-corrected chi connectivity index (χ3v) is 5.62. The van der Waals surface area contributed by atoms with Crippen molar-refractivity contribution in [2.24, 2.45) is 11.3 Å². The molecule has 0 aliphatic carbocycles. The van der Waals surface area contributed by atoms with E-state index in [-0.39, 0.29) is 35.6 Å². The van der Waals surface area contributed by atoms with Gasteiger partial charge in [0.05, 0.1) is 12.0 Å². The Labute approximate surface area is 177 Å². The fourth-order valence-corrected chi connectivity index (χ4v) is 4.04. The lowest BCUT2D eigenvalue weighted by molar-refractivity contribution is -0.127. The zero-order valence-corrected chi connectivity index (χ0v) is 17.7. The van der Waals surface area contributed by atoms with Crippen LogP contribution in [0.1, 0.15) is 38.8 Å². The lowest BCUT2D eigenvalue weighted by atomic mass is 9.82. The Morgan fingerprint density at radius 1 is 1.07 bits per heavy atom. The minimum atomic E-state index is -0.390. The van der Waals surface area contributed by atoms with Gasteiger partial charge in [-0.3, -0.25) is 9.59 Å². The van der Waals surface area contributed by atoms with Crippen molar-refractivity contribution in [3.05, 3.63) is 54.1 Å². The van der Waals surface area contributed by atoms with Gasteiger partial charge in [0.2, 0.25) is 11.8 Å². The van der Waals surface area contributed by atoms with Crippen LogP contribution in [-0.2, 0) is 9.59 Å². The minimum absolute atomic E-state index is 0.0566. The lowest BCUT2D eigenvalue weighted by Gasteiger charge is -2.32. The molecule has 0 radical (unpaired) electrons. The highest BCUT2D eigenvalue weighted by atomic mass is 16.6. The summed E-state index contributed by atoms with van der Waals surface area (Å²) >= 11 is 0. The number of amides is 2. The summed E-state index contributed by atoms with van der Waals surface area (Å²) in [5.41, 5.74) is 1.64. The SMILES string of the molecule is CC(C)(C)[C@@H](NC(=O)[C@H]1CC(=O)N(c2ccc3c(c2)OCCO3)C1)c1ccccc1. The van der Waals surface area contributed by atoms with Crippen LogP contribution in [0.3, 0.4) is 0 Å². The Kier molecular flexibility index (Phi) is 5.41. The number of hydrogen-bond acceptors (Lipinski definition) is 4. The third-order valence-electron chi connectivity index (χ3n) is 5.62. The van der Waals surface area contributed by atoms with E-state index in [1.165, 1.54) is 0 Å². The average molecular weight is 408 g/mol. The molecule has 2 atom stereocenters. The van der Waals surface area contributed by atoms with E-state index < -0.39 is 0 Å². The van der Waals surface area contributed by atoms with Crippen molar-refractivity contribution in [2.45, 2.75) is 33.2 Å². The first-order valence-corrected chi connectivity index (χ1v) is 10.4. The Morgan fingerprint density at radius 3 is 2.47 bits per heavy atom. The Balaban J connectivity index is 1.49. The van der Waals surface area contributed by atoms with Crippen molar-refractivity contribution in [1.29, 1.82) is 0 Å². The molecule has 1 N–H and O–H groups in total. The van der Waals surface area contributed by atoms with E-state index in [0.29, 0.717) is 31.3 Å². The van der Waals surface area contributed by atoms with E-state index in [1.807, 2.05) is 48.5 Å². The summed E-state index contributed by atoms with van der Waals surface area (Å²) in [4.78, 5) is 27.4. The molecule has 0 unspecified atom stereocenters. The van der Waals surface area contributed by atoms with Crippen molar-refractivity contribution in [3.63, 3.8) is 0 Å². The maximum Gasteiger partial charge on any atom is 0.227 e. The standard InChI is InChI=1S/C24H28N2O4/c1-24(2,3)22(16-7-5-4-6-8-16)25-23(28)17-13-21(27)26(15-17)18-9-10-19-20(14-18)30-12-11-29-19/h4-10,14,17,22H,11-13,15H2,1-3H3,(H,25,28)/t17-,22-/m0/s1. The average Bonchev–Trinajstić information content (AvgIpc) is 3.13. The number of benzene rings is 2. The molecule has 0 bridgehead atoms.